The van der Waals surface area contributed by atoms with Crippen molar-refractivity contribution >= 4 is 0 Å². The number of methoxy groups -OCH3 is 2. The van der Waals surface area contributed by atoms with Crippen LogP contribution >= 0.6 is 0 Å². The number of nitrogens with two attached hydrogens (primary N) is 1. The molecule has 0 amide bonds. The van der Waals surface area contributed by atoms with Crippen molar-refractivity contribution < 1.29 is 9.47 Å². The lowest BCUT2D eigenvalue weighted by Gasteiger charge is -2.15. The molecule has 0 aliphatic carbocycles. The molecule has 0 heterocycles. The van der Waals surface area contributed by atoms with Crippen LogP contribution in [-0.2, 0) is 6.42 Å². The fraction of sp³-hybridized carbons (Fsp3) is 0.250. The fourth-order valence-electron chi connectivity index (χ4n) is 2.07. The van der Waals surface area contributed by atoms with Crippen LogP contribution in [0.15, 0.2) is 48.5 Å². The van der Waals surface area contributed by atoms with Gasteiger partial charge in [-0.1, -0.05) is 36.4 Å². The van der Waals surface area contributed by atoms with Gasteiger partial charge in [0.15, 0.2) is 11.5 Å². The van der Waals surface area contributed by atoms with E-state index in [9.17, 15) is 0 Å². The molecule has 3 nitrogen and oxygen atoms in total. The van der Waals surface area contributed by atoms with Crippen LogP contribution < -0.4 is 15.2 Å². The van der Waals surface area contributed by atoms with Gasteiger partial charge in [0, 0.05) is 6.04 Å². The molecule has 2 N–H and O–H groups in total. The molecule has 0 saturated carbocycles. The van der Waals surface area contributed by atoms with Crippen LogP contribution in [0.3, 0.4) is 0 Å². The molecule has 0 radical (unpaired) electrons. The molecule has 3 heteroatoms. The molecule has 0 spiro atoms. The van der Waals surface area contributed by atoms with Crippen molar-refractivity contribution in [3.8, 4) is 11.5 Å². The Balaban J connectivity index is 2.17. The summed E-state index contributed by atoms with van der Waals surface area (Å²) < 4.78 is 10.5. The second kappa shape index (κ2) is 6.25. The minimum Gasteiger partial charge on any atom is -0.493 e. The van der Waals surface area contributed by atoms with Gasteiger partial charge in [-0.15, -0.1) is 0 Å². The van der Waals surface area contributed by atoms with Crippen LogP contribution in [0.25, 0.3) is 0 Å². The second-order valence-electron chi connectivity index (χ2n) is 4.41. The van der Waals surface area contributed by atoms with E-state index >= 15 is 0 Å². The number of hydrogen-bond acceptors (Lipinski definition) is 3. The standard InChI is InChI=1S/C16H19NO2/c1-18-15-9-8-13(11-16(15)19-2)14(17)10-12-6-4-3-5-7-12/h3-9,11,14H,10,17H2,1-2H3/t14-/m1/s1. The van der Waals surface area contributed by atoms with Crippen molar-refractivity contribution in [3.63, 3.8) is 0 Å². The van der Waals surface area contributed by atoms with Crippen molar-refractivity contribution in [3.05, 3.63) is 59.7 Å². The molecule has 0 aliphatic rings. The highest BCUT2D eigenvalue weighted by atomic mass is 16.5. The third-order valence-electron chi connectivity index (χ3n) is 3.13. The Morgan fingerprint density at radius 3 is 2.26 bits per heavy atom. The van der Waals surface area contributed by atoms with Crippen molar-refractivity contribution in [2.24, 2.45) is 5.73 Å². The lowest BCUT2D eigenvalue weighted by molar-refractivity contribution is 0.354. The van der Waals surface area contributed by atoms with Crippen molar-refractivity contribution in [1.82, 2.24) is 0 Å². The third kappa shape index (κ3) is 3.26. The van der Waals surface area contributed by atoms with Crippen LogP contribution in [0.4, 0.5) is 0 Å². The van der Waals surface area contributed by atoms with E-state index in [0.717, 1.165) is 17.7 Å². The average Bonchev–Trinajstić information content (AvgIpc) is 2.47. The number of benzene rings is 2. The highest BCUT2D eigenvalue weighted by Crippen LogP contribution is 2.30. The molecule has 1 atom stereocenters. The highest BCUT2D eigenvalue weighted by molar-refractivity contribution is 5.44. The van der Waals surface area contributed by atoms with Gasteiger partial charge < -0.3 is 15.2 Å². The summed E-state index contributed by atoms with van der Waals surface area (Å²) in [5, 5.41) is 0. The monoisotopic (exact) mass is 257 g/mol. The molecule has 0 fully saturated rings. The highest BCUT2D eigenvalue weighted by Gasteiger charge is 2.11. The second-order valence-corrected chi connectivity index (χ2v) is 4.41. The van der Waals surface area contributed by atoms with Gasteiger partial charge in [0.2, 0.25) is 0 Å². The van der Waals surface area contributed by atoms with E-state index in [4.69, 9.17) is 15.2 Å². The van der Waals surface area contributed by atoms with Crippen molar-refractivity contribution in [2.45, 2.75) is 12.5 Å². The van der Waals surface area contributed by atoms with Gasteiger partial charge in [-0.05, 0) is 29.7 Å². The van der Waals surface area contributed by atoms with E-state index in [1.165, 1.54) is 5.56 Å². The maximum absolute atomic E-state index is 6.25. The van der Waals surface area contributed by atoms with Gasteiger partial charge in [-0.2, -0.15) is 0 Å². The molecule has 2 aromatic carbocycles. The molecule has 0 saturated heterocycles. The Labute approximate surface area is 114 Å². The molecule has 0 bridgehead atoms. The van der Waals surface area contributed by atoms with Crippen LogP contribution in [0, 0.1) is 0 Å². The SMILES string of the molecule is COc1ccc([C@H](N)Cc2ccccc2)cc1OC. The Bertz CT molecular complexity index is 526. The third-order valence-corrected chi connectivity index (χ3v) is 3.13. The first kappa shape index (κ1) is 13.4. The number of hydrogen-bond donors (Lipinski definition) is 1. The van der Waals surface area contributed by atoms with Crippen molar-refractivity contribution in [1.29, 1.82) is 0 Å². The fourth-order valence-corrected chi connectivity index (χ4v) is 2.07. The summed E-state index contributed by atoms with van der Waals surface area (Å²) >= 11 is 0. The Morgan fingerprint density at radius 2 is 1.63 bits per heavy atom. The van der Waals surface area contributed by atoms with E-state index in [2.05, 4.69) is 12.1 Å². The van der Waals surface area contributed by atoms with E-state index in [1.807, 2.05) is 36.4 Å². The van der Waals surface area contributed by atoms with Crippen LogP contribution in [0.1, 0.15) is 17.2 Å². The zero-order valence-corrected chi connectivity index (χ0v) is 11.3. The van der Waals surface area contributed by atoms with E-state index in [1.54, 1.807) is 14.2 Å². The molecule has 0 aliphatic heterocycles. The largest absolute Gasteiger partial charge is 0.493 e. The lowest BCUT2D eigenvalue weighted by Crippen LogP contribution is -2.13. The van der Waals surface area contributed by atoms with Crippen LogP contribution in [-0.4, -0.2) is 14.2 Å². The molecule has 100 valence electrons. The molecular formula is C16H19NO2. The lowest BCUT2D eigenvalue weighted by atomic mass is 9.99. The summed E-state index contributed by atoms with van der Waals surface area (Å²) in [7, 11) is 3.26. The Morgan fingerprint density at radius 1 is 0.947 bits per heavy atom. The van der Waals surface area contributed by atoms with E-state index in [-0.39, 0.29) is 6.04 Å². The predicted octanol–water partition coefficient (Wildman–Crippen LogP) is 2.95. The summed E-state index contributed by atoms with van der Waals surface area (Å²) in [6, 6.07) is 16.0. The summed E-state index contributed by atoms with van der Waals surface area (Å²) in [5.41, 5.74) is 8.52. The summed E-state index contributed by atoms with van der Waals surface area (Å²) in [4.78, 5) is 0. The zero-order valence-electron chi connectivity index (χ0n) is 11.3. The van der Waals surface area contributed by atoms with Crippen LogP contribution in [0.5, 0.6) is 11.5 Å². The molecule has 2 aromatic rings. The Kier molecular flexibility index (Phi) is 4.42. The minimum absolute atomic E-state index is 0.0535. The summed E-state index contributed by atoms with van der Waals surface area (Å²) in [6.07, 6.45) is 0.802. The zero-order chi connectivity index (χ0) is 13.7. The number of rotatable bonds is 5. The normalized spacial score (nSPS) is 11.9. The smallest absolute Gasteiger partial charge is 0.161 e. The first-order valence-corrected chi connectivity index (χ1v) is 6.26. The summed E-state index contributed by atoms with van der Waals surface area (Å²) in [5.74, 6) is 1.43. The van der Waals surface area contributed by atoms with Gasteiger partial charge in [-0.25, -0.2) is 0 Å². The first-order valence-electron chi connectivity index (χ1n) is 6.26. The maximum atomic E-state index is 6.25. The minimum atomic E-state index is -0.0535. The molecule has 0 aromatic heterocycles. The molecule has 19 heavy (non-hydrogen) atoms. The molecule has 0 unspecified atom stereocenters. The predicted molar refractivity (Wildman–Crippen MR) is 76.6 cm³/mol. The van der Waals surface area contributed by atoms with Crippen molar-refractivity contribution in [2.75, 3.05) is 14.2 Å². The van der Waals surface area contributed by atoms with E-state index in [0.29, 0.717) is 5.75 Å². The molecular weight excluding hydrogens is 238 g/mol. The van der Waals surface area contributed by atoms with Crippen LogP contribution in [0.2, 0.25) is 0 Å². The quantitative estimate of drug-likeness (QED) is 0.895. The number of ether oxygens (including phenoxy) is 2. The van der Waals surface area contributed by atoms with Gasteiger partial charge in [-0.3, -0.25) is 0 Å². The van der Waals surface area contributed by atoms with Gasteiger partial charge in [0.25, 0.3) is 0 Å². The van der Waals surface area contributed by atoms with Gasteiger partial charge >= 0.3 is 0 Å². The first-order chi connectivity index (χ1) is 9.24. The van der Waals surface area contributed by atoms with Gasteiger partial charge in [0.1, 0.15) is 0 Å². The summed E-state index contributed by atoms with van der Waals surface area (Å²) in [6.45, 7) is 0. The average molecular weight is 257 g/mol. The Hall–Kier alpha value is -2.00. The van der Waals surface area contributed by atoms with Gasteiger partial charge in [0.05, 0.1) is 14.2 Å². The maximum Gasteiger partial charge on any atom is 0.161 e. The molecule has 2 rings (SSSR count). The van der Waals surface area contributed by atoms with E-state index < -0.39 is 0 Å². The topological polar surface area (TPSA) is 44.5 Å².